The molecule has 0 spiro atoms. The van der Waals surface area contributed by atoms with Crippen molar-refractivity contribution >= 4 is 17.3 Å². The van der Waals surface area contributed by atoms with Gasteiger partial charge in [-0.05, 0) is 11.4 Å². The number of carboxylic acids is 1. The molecule has 0 atom stereocenters. The van der Waals surface area contributed by atoms with Crippen LogP contribution in [0.15, 0.2) is 36.4 Å². The number of imidazole rings is 1. The molecule has 0 bridgehead atoms. The molecular formula is C16H17F3N6O2S. The topological polar surface area (TPSA) is 89.1 Å². The van der Waals surface area contributed by atoms with E-state index in [9.17, 15) is 13.2 Å². The van der Waals surface area contributed by atoms with Crippen LogP contribution >= 0.6 is 11.3 Å². The highest BCUT2D eigenvalue weighted by atomic mass is 32.1. The number of rotatable bonds is 4. The van der Waals surface area contributed by atoms with E-state index >= 15 is 0 Å². The number of fused-ring (bicyclic) bond motifs is 1. The fourth-order valence-electron chi connectivity index (χ4n) is 2.74. The van der Waals surface area contributed by atoms with Gasteiger partial charge in [-0.3, -0.25) is 4.90 Å². The molecule has 1 N–H and O–H groups in total. The Balaban J connectivity index is 0.000000279. The molecule has 8 nitrogen and oxygen atoms in total. The summed E-state index contributed by atoms with van der Waals surface area (Å²) in [6.07, 6.45) is 0.188. The van der Waals surface area contributed by atoms with Crippen LogP contribution in [0.5, 0.6) is 0 Å². The second kappa shape index (κ2) is 8.52. The number of thiophene rings is 1. The number of aromatic nitrogens is 5. The molecule has 1 aliphatic rings. The van der Waals surface area contributed by atoms with Crippen LogP contribution in [-0.4, -0.2) is 53.0 Å². The Bertz CT molecular complexity index is 892. The monoisotopic (exact) mass is 414 g/mol. The molecule has 1 aliphatic heterocycles. The minimum atomic E-state index is -5.08. The second-order valence-electron chi connectivity index (χ2n) is 6.00. The van der Waals surface area contributed by atoms with Crippen molar-refractivity contribution in [1.82, 2.24) is 29.2 Å². The molecule has 0 unspecified atom stereocenters. The first kappa shape index (κ1) is 20.0. The quantitative estimate of drug-likeness (QED) is 0.704. The zero-order chi connectivity index (χ0) is 20.1. The molecule has 0 saturated heterocycles. The predicted octanol–water partition coefficient (Wildman–Crippen LogP) is 2.23. The Morgan fingerprint density at radius 2 is 2.07 bits per heavy atom. The van der Waals surface area contributed by atoms with Crippen molar-refractivity contribution in [2.75, 3.05) is 6.54 Å². The SMILES string of the molecule is O=C(O)C(F)(F)F.c1csc(CN2CCn3c(Cn4cncn4)cnc3C2)c1. The zero-order valence-corrected chi connectivity index (χ0v) is 15.4. The van der Waals surface area contributed by atoms with E-state index < -0.39 is 12.1 Å². The number of hydrogen-bond donors (Lipinski definition) is 1. The minimum Gasteiger partial charge on any atom is -0.475 e. The number of hydrogen-bond acceptors (Lipinski definition) is 6. The fraction of sp³-hybridized carbons (Fsp3) is 0.375. The molecule has 0 radical (unpaired) electrons. The van der Waals surface area contributed by atoms with E-state index in [2.05, 4.69) is 42.0 Å². The highest BCUT2D eigenvalue weighted by molar-refractivity contribution is 7.09. The number of carboxylic acid groups (broad SMARTS) is 1. The van der Waals surface area contributed by atoms with E-state index in [0.717, 1.165) is 38.5 Å². The summed E-state index contributed by atoms with van der Waals surface area (Å²) in [5.41, 5.74) is 1.20. The smallest absolute Gasteiger partial charge is 0.475 e. The largest absolute Gasteiger partial charge is 0.490 e. The lowest BCUT2D eigenvalue weighted by atomic mass is 10.3. The van der Waals surface area contributed by atoms with Crippen LogP contribution in [0, 0.1) is 0 Å². The Morgan fingerprint density at radius 3 is 2.68 bits per heavy atom. The molecule has 0 aromatic carbocycles. The van der Waals surface area contributed by atoms with Crippen molar-refractivity contribution in [2.24, 2.45) is 0 Å². The lowest BCUT2D eigenvalue weighted by molar-refractivity contribution is -0.192. The molecule has 0 aliphatic carbocycles. The van der Waals surface area contributed by atoms with E-state index in [-0.39, 0.29) is 0 Å². The van der Waals surface area contributed by atoms with Crippen molar-refractivity contribution in [3.05, 3.63) is 52.8 Å². The summed E-state index contributed by atoms with van der Waals surface area (Å²) in [6.45, 7) is 4.71. The van der Waals surface area contributed by atoms with Crippen molar-refractivity contribution < 1.29 is 23.1 Å². The summed E-state index contributed by atoms with van der Waals surface area (Å²) in [5.74, 6) is -1.61. The Kier molecular flexibility index (Phi) is 6.09. The highest BCUT2D eigenvalue weighted by Crippen LogP contribution is 2.19. The summed E-state index contributed by atoms with van der Waals surface area (Å²) in [4.78, 5) is 21.3. The van der Waals surface area contributed by atoms with Gasteiger partial charge in [0.1, 0.15) is 18.5 Å². The summed E-state index contributed by atoms with van der Waals surface area (Å²) >= 11 is 1.82. The number of halogens is 3. The van der Waals surface area contributed by atoms with E-state index in [1.807, 2.05) is 22.2 Å². The maximum atomic E-state index is 10.6. The third kappa shape index (κ3) is 5.16. The molecule has 28 heavy (non-hydrogen) atoms. The standard InChI is InChI=1S/C14H16N6S.C2HF3O2/c1-2-13(21-5-1)8-18-3-4-20-12(6-16-14(20)9-18)7-19-11-15-10-17-19;3-2(4,5)1(6)7/h1-2,5-6,10-11H,3-4,7-9H2;(H,6,7). The van der Waals surface area contributed by atoms with Crippen molar-refractivity contribution in [1.29, 1.82) is 0 Å². The van der Waals surface area contributed by atoms with Crippen LogP contribution in [-0.2, 0) is 31.0 Å². The average Bonchev–Trinajstić information content (AvgIpc) is 3.38. The first-order valence-electron chi connectivity index (χ1n) is 8.23. The van der Waals surface area contributed by atoms with Crippen LogP contribution in [0.4, 0.5) is 13.2 Å². The normalized spacial score (nSPS) is 14.2. The van der Waals surface area contributed by atoms with Crippen LogP contribution in [0.3, 0.4) is 0 Å². The lowest BCUT2D eigenvalue weighted by Gasteiger charge is -2.28. The number of alkyl halides is 3. The van der Waals surface area contributed by atoms with Crippen molar-refractivity contribution in [3.63, 3.8) is 0 Å². The number of carbonyl (C=O) groups is 1. The molecule has 4 heterocycles. The Hall–Kier alpha value is -2.73. The van der Waals surface area contributed by atoms with Gasteiger partial charge in [0.25, 0.3) is 0 Å². The van der Waals surface area contributed by atoms with Gasteiger partial charge in [-0.25, -0.2) is 19.4 Å². The second-order valence-corrected chi connectivity index (χ2v) is 7.04. The van der Waals surface area contributed by atoms with E-state index in [1.54, 1.807) is 12.7 Å². The van der Waals surface area contributed by atoms with Gasteiger partial charge in [-0.1, -0.05) is 6.07 Å². The van der Waals surface area contributed by atoms with Crippen LogP contribution in [0.25, 0.3) is 0 Å². The van der Waals surface area contributed by atoms with Crippen molar-refractivity contribution in [3.8, 4) is 0 Å². The van der Waals surface area contributed by atoms with Crippen LogP contribution in [0.2, 0.25) is 0 Å². The Morgan fingerprint density at radius 1 is 1.29 bits per heavy atom. The molecule has 12 heteroatoms. The molecule has 0 saturated carbocycles. The first-order chi connectivity index (χ1) is 13.3. The zero-order valence-electron chi connectivity index (χ0n) is 14.6. The third-order valence-electron chi connectivity index (χ3n) is 4.02. The van der Waals surface area contributed by atoms with Gasteiger partial charge in [0.15, 0.2) is 0 Å². The van der Waals surface area contributed by atoms with E-state index in [1.165, 1.54) is 10.6 Å². The molecule has 3 aromatic heterocycles. The van der Waals surface area contributed by atoms with E-state index in [4.69, 9.17) is 9.90 Å². The third-order valence-corrected chi connectivity index (χ3v) is 4.88. The number of nitrogens with zero attached hydrogens (tertiary/aromatic N) is 6. The van der Waals surface area contributed by atoms with Gasteiger partial charge < -0.3 is 9.67 Å². The molecular weight excluding hydrogens is 397 g/mol. The average molecular weight is 414 g/mol. The summed E-state index contributed by atoms with van der Waals surface area (Å²) in [5, 5.41) is 13.4. The first-order valence-corrected chi connectivity index (χ1v) is 9.11. The maximum Gasteiger partial charge on any atom is 0.490 e. The van der Waals surface area contributed by atoms with Crippen LogP contribution < -0.4 is 0 Å². The van der Waals surface area contributed by atoms with Gasteiger partial charge in [0, 0.05) is 24.5 Å². The van der Waals surface area contributed by atoms with Gasteiger partial charge in [0.05, 0.1) is 25.0 Å². The molecule has 150 valence electrons. The van der Waals surface area contributed by atoms with Crippen molar-refractivity contribution in [2.45, 2.75) is 32.4 Å². The highest BCUT2D eigenvalue weighted by Gasteiger charge is 2.38. The summed E-state index contributed by atoms with van der Waals surface area (Å²) in [7, 11) is 0. The van der Waals surface area contributed by atoms with Gasteiger partial charge in [0.2, 0.25) is 0 Å². The molecule has 0 amide bonds. The predicted molar refractivity (Wildman–Crippen MR) is 93.5 cm³/mol. The molecule has 0 fully saturated rings. The lowest BCUT2D eigenvalue weighted by Crippen LogP contribution is -2.34. The minimum absolute atomic E-state index is 0.734. The number of aliphatic carboxylic acids is 1. The van der Waals surface area contributed by atoms with Crippen LogP contribution in [0.1, 0.15) is 16.4 Å². The molecule has 4 rings (SSSR count). The van der Waals surface area contributed by atoms with Gasteiger partial charge in [-0.15, -0.1) is 11.3 Å². The maximum absolute atomic E-state index is 10.6. The van der Waals surface area contributed by atoms with Gasteiger partial charge in [-0.2, -0.15) is 18.3 Å². The van der Waals surface area contributed by atoms with E-state index in [0.29, 0.717) is 0 Å². The molecule has 3 aromatic rings. The Labute approximate surface area is 161 Å². The summed E-state index contributed by atoms with van der Waals surface area (Å²) < 4.78 is 35.9. The van der Waals surface area contributed by atoms with Gasteiger partial charge >= 0.3 is 12.1 Å². The summed E-state index contributed by atoms with van der Waals surface area (Å²) in [6, 6.07) is 4.31. The fourth-order valence-corrected chi connectivity index (χ4v) is 3.48.